The zero-order valence-electron chi connectivity index (χ0n) is 13.6. The van der Waals surface area contributed by atoms with E-state index in [1.165, 1.54) is 22.9 Å². The molecular formula is C18H11F3N4O2. The fourth-order valence-corrected chi connectivity index (χ4v) is 2.71. The van der Waals surface area contributed by atoms with E-state index in [0.29, 0.717) is 6.54 Å². The maximum Gasteiger partial charge on any atom is 0.471 e. The summed E-state index contributed by atoms with van der Waals surface area (Å²) < 4.78 is 43.3. The summed E-state index contributed by atoms with van der Waals surface area (Å²) in [6.07, 6.45) is -1.59. The fourth-order valence-electron chi connectivity index (χ4n) is 2.71. The summed E-state index contributed by atoms with van der Waals surface area (Å²) in [6, 6.07) is 12.0. The van der Waals surface area contributed by atoms with Crippen LogP contribution in [0.3, 0.4) is 0 Å². The van der Waals surface area contributed by atoms with Crippen molar-refractivity contribution in [1.82, 2.24) is 19.7 Å². The Morgan fingerprint density at radius 3 is 2.67 bits per heavy atom. The molecule has 136 valence electrons. The van der Waals surface area contributed by atoms with Crippen molar-refractivity contribution in [3.05, 3.63) is 76.7 Å². The summed E-state index contributed by atoms with van der Waals surface area (Å²) in [5.74, 6) is -1.74. The number of hydrogen-bond acceptors (Lipinski definition) is 5. The third kappa shape index (κ3) is 3.31. The van der Waals surface area contributed by atoms with Gasteiger partial charge in [-0.1, -0.05) is 23.4 Å². The van der Waals surface area contributed by atoms with Crippen LogP contribution in [0.4, 0.5) is 13.2 Å². The normalized spacial score (nSPS) is 11.8. The van der Waals surface area contributed by atoms with Crippen molar-refractivity contribution in [3.8, 4) is 11.4 Å². The van der Waals surface area contributed by atoms with Crippen LogP contribution in [0.15, 0.2) is 64.2 Å². The smallest absolute Gasteiger partial charge is 0.329 e. The molecule has 0 fully saturated rings. The average molecular weight is 372 g/mol. The van der Waals surface area contributed by atoms with Gasteiger partial charge in [0, 0.05) is 29.4 Å². The minimum absolute atomic E-state index is 0.148. The summed E-state index contributed by atoms with van der Waals surface area (Å²) in [7, 11) is 0. The fraction of sp³-hybridized carbons (Fsp3) is 0.111. The van der Waals surface area contributed by atoms with Crippen LogP contribution < -0.4 is 5.56 Å². The van der Waals surface area contributed by atoms with E-state index >= 15 is 0 Å². The molecule has 0 aliphatic heterocycles. The minimum atomic E-state index is -4.73. The van der Waals surface area contributed by atoms with E-state index in [1.54, 1.807) is 6.20 Å². The summed E-state index contributed by atoms with van der Waals surface area (Å²) in [5.41, 5.74) is 1.46. The van der Waals surface area contributed by atoms with Crippen LogP contribution >= 0.6 is 0 Å². The Hall–Kier alpha value is -3.49. The zero-order chi connectivity index (χ0) is 19.0. The predicted octanol–water partition coefficient (Wildman–Crippen LogP) is 3.51. The molecule has 0 N–H and O–H groups in total. The Kier molecular flexibility index (Phi) is 3.98. The second-order valence-electron chi connectivity index (χ2n) is 5.79. The molecule has 0 atom stereocenters. The van der Waals surface area contributed by atoms with E-state index in [2.05, 4.69) is 19.6 Å². The van der Waals surface area contributed by atoms with Crippen molar-refractivity contribution in [2.24, 2.45) is 0 Å². The highest BCUT2D eigenvalue weighted by atomic mass is 19.4. The topological polar surface area (TPSA) is 73.8 Å². The van der Waals surface area contributed by atoms with Gasteiger partial charge in [0.05, 0.1) is 12.1 Å². The van der Waals surface area contributed by atoms with Crippen LogP contribution in [-0.2, 0) is 12.7 Å². The highest BCUT2D eigenvalue weighted by Crippen LogP contribution is 2.29. The molecule has 0 saturated carbocycles. The van der Waals surface area contributed by atoms with Gasteiger partial charge in [-0.3, -0.25) is 9.78 Å². The lowest BCUT2D eigenvalue weighted by Crippen LogP contribution is -2.19. The van der Waals surface area contributed by atoms with E-state index in [9.17, 15) is 18.0 Å². The van der Waals surface area contributed by atoms with Gasteiger partial charge in [-0.2, -0.15) is 18.2 Å². The highest BCUT2D eigenvalue weighted by Gasteiger charge is 2.38. The van der Waals surface area contributed by atoms with Gasteiger partial charge >= 0.3 is 12.1 Å². The SMILES string of the molecule is O=c1cc(-c2noc(C(F)(F)F)n2)ccn1Cc1ccnc2ccccc12. The first-order valence-corrected chi connectivity index (χ1v) is 7.86. The van der Waals surface area contributed by atoms with Gasteiger partial charge in [0.25, 0.3) is 5.56 Å². The first kappa shape index (κ1) is 17.0. The number of alkyl halides is 3. The number of fused-ring (bicyclic) bond motifs is 1. The number of rotatable bonds is 3. The molecular weight excluding hydrogens is 361 g/mol. The van der Waals surface area contributed by atoms with E-state index in [0.717, 1.165) is 16.5 Å². The van der Waals surface area contributed by atoms with Crippen molar-refractivity contribution in [3.63, 3.8) is 0 Å². The van der Waals surface area contributed by atoms with Crippen molar-refractivity contribution in [2.45, 2.75) is 12.7 Å². The summed E-state index contributed by atoms with van der Waals surface area (Å²) in [4.78, 5) is 20.0. The molecule has 0 amide bonds. The van der Waals surface area contributed by atoms with Crippen LogP contribution in [0.25, 0.3) is 22.3 Å². The lowest BCUT2D eigenvalue weighted by atomic mass is 10.1. The Labute approximate surface area is 149 Å². The van der Waals surface area contributed by atoms with Gasteiger partial charge in [-0.05, 0) is 23.8 Å². The Balaban J connectivity index is 1.66. The second kappa shape index (κ2) is 6.35. The van der Waals surface area contributed by atoms with Gasteiger partial charge in [-0.15, -0.1) is 0 Å². The molecule has 4 rings (SSSR count). The molecule has 3 heterocycles. The van der Waals surface area contributed by atoms with Gasteiger partial charge in [-0.25, -0.2) is 0 Å². The second-order valence-corrected chi connectivity index (χ2v) is 5.79. The van der Waals surface area contributed by atoms with Crippen LogP contribution in [0.2, 0.25) is 0 Å². The van der Waals surface area contributed by atoms with E-state index in [1.807, 2.05) is 30.3 Å². The van der Waals surface area contributed by atoms with Gasteiger partial charge in [0.2, 0.25) is 5.82 Å². The standard InChI is InChI=1S/C18H11F3N4O2/c19-18(20,21)17-23-16(24-27-17)11-6-8-25(15(26)9-11)10-12-5-7-22-14-4-2-1-3-13(12)14/h1-9H,10H2. The third-order valence-electron chi connectivity index (χ3n) is 4.00. The average Bonchev–Trinajstić information content (AvgIpc) is 3.14. The van der Waals surface area contributed by atoms with Gasteiger partial charge < -0.3 is 9.09 Å². The summed E-state index contributed by atoms with van der Waals surface area (Å²) in [5, 5.41) is 4.21. The quantitative estimate of drug-likeness (QED) is 0.550. The Bertz CT molecular complexity index is 1180. The van der Waals surface area contributed by atoms with Crippen LogP contribution in [0.1, 0.15) is 11.5 Å². The minimum Gasteiger partial charge on any atom is -0.329 e. The number of halogens is 3. The molecule has 0 spiro atoms. The predicted molar refractivity (Wildman–Crippen MR) is 89.8 cm³/mol. The molecule has 0 bridgehead atoms. The third-order valence-corrected chi connectivity index (χ3v) is 4.00. The zero-order valence-corrected chi connectivity index (χ0v) is 13.6. The number of nitrogens with zero attached hydrogens (tertiary/aromatic N) is 4. The van der Waals surface area contributed by atoms with Crippen molar-refractivity contribution in [2.75, 3.05) is 0 Å². The number of benzene rings is 1. The van der Waals surface area contributed by atoms with Crippen molar-refractivity contribution >= 4 is 10.9 Å². The molecule has 4 aromatic rings. The largest absolute Gasteiger partial charge is 0.471 e. The van der Waals surface area contributed by atoms with Crippen LogP contribution in [0, 0.1) is 0 Å². The molecule has 0 unspecified atom stereocenters. The first-order valence-electron chi connectivity index (χ1n) is 7.86. The van der Waals surface area contributed by atoms with Crippen LogP contribution in [-0.4, -0.2) is 19.7 Å². The van der Waals surface area contributed by atoms with Crippen molar-refractivity contribution < 1.29 is 17.7 Å². The van der Waals surface area contributed by atoms with Crippen molar-refractivity contribution in [1.29, 1.82) is 0 Å². The number of aromatic nitrogens is 4. The van der Waals surface area contributed by atoms with Gasteiger partial charge in [0.1, 0.15) is 0 Å². The molecule has 0 radical (unpaired) electrons. The van der Waals surface area contributed by atoms with E-state index < -0.39 is 17.6 Å². The Morgan fingerprint density at radius 1 is 1.11 bits per heavy atom. The van der Waals surface area contributed by atoms with E-state index in [4.69, 9.17) is 0 Å². The first-order chi connectivity index (χ1) is 12.9. The Morgan fingerprint density at radius 2 is 1.93 bits per heavy atom. The molecule has 0 aliphatic rings. The molecule has 9 heteroatoms. The summed E-state index contributed by atoms with van der Waals surface area (Å²) in [6.45, 7) is 0.294. The van der Waals surface area contributed by atoms with Crippen LogP contribution in [0.5, 0.6) is 0 Å². The maximum atomic E-state index is 12.6. The molecule has 0 aliphatic carbocycles. The lowest BCUT2D eigenvalue weighted by Gasteiger charge is -2.09. The number of hydrogen-bond donors (Lipinski definition) is 0. The lowest BCUT2D eigenvalue weighted by molar-refractivity contribution is -0.159. The number of para-hydroxylation sites is 1. The number of pyridine rings is 2. The molecule has 27 heavy (non-hydrogen) atoms. The molecule has 1 aromatic carbocycles. The van der Waals surface area contributed by atoms with Gasteiger partial charge in [0.15, 0.2) is 0 Å². The molecule has 6 nitrogen and oxygen atoms in total. The highest BCUT2D eigenvalue weighted by molar-refractivity contribution is 5.81. The molecule has 3 aromatic heterocycles. The van der Waals surface area contributed by atoms with E-state index in [-0.39, 0.29) is 11.4 Å². The maximum absolute atomic E-state index is 12.6. The monoisotopic (exact) mass is 372 g/mol. The molecule has 0 saturated heterocycles. The summed E-state index contributed by atoms with van der Waals surface area (Å²) >= 11 is 0.